The molecular formula is C21H38NOPS. The van der Waals surface area contributed by atoms with Crippen LogP contribution in [0.4, 0.5) is 0 Å². The second-order valence-corrected chi connectivity index (χ2v) is 16.0. The minimum absolute atomic E-state index is 0.117. The molecule has 0 spiro atoms. The van der Waals surface area contributed by atoms with E-state index >= 15 is 0 Å². The van der Waals surface area contributed by atoms with Crippen molar-refractivity contribution in [3.8, 4) is 0 Å². The molecular weight excluding hydrogens is 345 g/mol. The molecule has 0 saturated heterocycles. The Morgan fingerprint density at radius 2 is 1.36 bits per heavy atom. The molecule has 0 aromatic heterocycles. The van der Waals surface area contributed by atoms with Gasteiger partial charge < -0.3 is 0 Å². The summed E-state index contributed by atoms with van der Waals surface area (Å²) < 4.78 is 14.7. The summed E-state index contributed by atoms with van der Waals surface area (Å²) in [5.41, 5.74) is 1.32. The fraction of sp³-hybridized carbons (Fsp3) is 0.714. The van der Waals surface area contributed by atoms with E-state index in [0.29, 0.717) is 0 Å². The van der Waals surface area contributed by atoms with Gasteiger partial charge in [0.05, 0.1) is 15.7 Å². The van der Waals surface area contributed by atoms with Crippen molar-refractivity contribution in [2.75, 3.05) is 7.05 Å². The van der Waals surface area contributed by atoms with Crippen molar-refractivity contribution in [3.05, 3.63) is 29.8 Å². The molecule has 1 unspecified atom stereocenters. The molecule has 2 nitrogen and oxygen atoms in total. The fourth-order valence-corrected chi connectivity index (χ4v) is 9.02. The SMILES string of the molecule is C[C@@H](c1ccccc1P(C(C)(C)C)C(C)(C)C)N(C)S(=O)C(C)(C)C. The molecule has 0 aliphatic heterocycles. The molecule has 1 rings (SSSR count). The molecule has 2 atom stereocenters. The summed E-state index contributed by atoms with van der Waals surface area (Å²) in [5.74, 6) is 0. The number of nitrogens with zero attached hydrogens (tertiary/aromatic N) is 1. The van der Waals surface area contributed by atoms with Crippen LogP contribution in [-0.4, -0.2) is 30.6 Å². The monoisotopic (exact) mass is 383 g/mol. The van der Waals surface area contributed by atoms with Crippen LogP contribution >= 0.6 is 7.92 Å². The Hall–Kier alpha value is -0.240. The smallest absolute Gasteiger partial charge is 0.1000 e. The van der Waals surface area contributed by atoms with Crippen molar-refractivity contribution in [1.29, 1.82) is 0 Å². The average molecular weight is 384 g/mol. The van der Waals surface area contributed by atoms with Crippen LogP contribution in [-0.2, 0) is 11.0 Å². The molecule has 0 N–H and O–H groups in total. The first-order valence-corrected chi connectivity index (χ1v) is 11.6. The van der Waals surface area contributed by atoms with Crippen LogP contribution in [0, 0.1) is 0 Å². The predicted octanol–water partition coefficient (Wildman–Crippen LogP) is 5.85. The zero-order valence-corrected chi connectivity index (χ0v) is 19.8. The van der Waals surface area contributed by atoms with Crippen LogP contribution in [0.15, 0.2) is 24.3 Å². The fourth-order valence-electron chi connectivity index (χ4n) is 3.54. The third-order valence-electron chi connectivity index (χ3n) is 4.30. The molecule has 1 aromatic rings. The van der Waals surface area contributed by atoms with Gasteiger partial charge in [-0.15, -0.1) is 0 Å². The van der Waals surface area contributed by atoms with Gasteiger partial charge in [-0.2, -0.15) is 0 Å². The van der Waals surface area contributed by atoms with Crippen molar-refractivity contribution in [2.24, 2.45) is 0 Å². The quantitative estimate of drug-likeness (QED) is 0.598. The summed E-state index contributed by atoms with van der Waals surface area (Å²) in [5, 5.41) is 1.87. The van der Waals surface area contributed by atoms with E-state index in [1.54, 1.807) is 0 Å². The Kier molecular flexibility index (Phi) is 7.10. The molecule has 0 fully saturated rings. The molecule has 0 bridgehead atoms. The van der Waals surface area contributed by atoms with E-state index in [1.807, 2.05) is 32.1 Å². The number of hydrogen-bond acceptors (Lipinski definition) is 1. The van der Waals surface area contributed by atoms with Gasteiger partial charge in [-0.1, -0.05) is 73.7 Å². The van der Waals surface area contributed by atoms with Crippen molar-refractivity contribution in [1.82, 2.24) is 4.31 Å². The van der Waals surface area contributed by atoms with Crippen LogP contribution in [0.3, 0.4) is 0 Å². The largest absolute Gasteiger partial charge is 0.242 e. The topological polar surface area (TPSA) is 20.3 Å². The number of benzene rings is 1. The van der Waals surface area contributed by atoms with Crippen LogP contribution in [0.5, 0.6) is 0 Å². The van der Waals surface area contributed by atoms with E-state index in [-0.39, 0.29) is 29.0 Å². The van der Waals surface area contributed by atoms with Gasteiger partial charge in [-0.25, -0.2) is 8.51 Å². The van der Waals surface area contributed by atoms with E-state index in [1.165, 1.54) is 10.9 Å². The normalized spacial score (nSPS) is 16.4. The molecule has 25 heavy (non-hydrogen) atoms. The van der Waals surface area contributed by atoms with Gasteiger partial charge in [0.1, 0.15) is 0 Å². The third-order valence-corrected chi connectivity index (χ3v) is 9.76. The van der Waals surface area contributed by atoms with Crippen LogP contribution in [0.1, 0.15) is 80.8 Å². The summed E-state index contributed by atoms with van der Waals surface area (Å²) in [6.45, 7) is 22.4. The molecule has 1 aromatic carbocycles. The highest BCUT2D eigenvalue weighted by molar-refractivity contribution is 7.84. The zero-order valence-electron chi connectivity index (χ0n) is 18.1. The Morgan fingerprint density at radius 3 is 1.76 bits per heavy atom. The van der Waals surface area contributed by atoms with Gasteiger partial charge in [0, 0.05) is 13.1 Å². The maximum atomic E-state index is 12.9. The lowest BCUT2D eigenvalue weighted by Crippen LogP contribution is -2.39. The first kappa shape index (κ1) is 22.8. The lowest BCUT2D eigenvalue weighted by atomic mass is 10.1. The van der Waals surface area contributed by atoms with Gasteiger partial charge in [0.25, 0.3) is 0 Å². The van der Waals surface area contributed by atoms with Crippen molar-refractivity contribution in [2.45, 2.75) is 90.3 Å². The standard InChI is InChI=1S/C21H38NOPS/c1-16(22(11)25(23)21(8,9)10)17-14-12-13-15-18(17)24(19(2,3)4)20(5,6)7/h12-16H,1-11H3/t16-,25?/m0/s1. The minimum atomic E-state index is -1.04. The highest BCUT2D eigenvalue weighted by Gasteiger charge is 2.38. The van der Waals surface area contributed by atoms with E-state index in [2.05, 4.69) is 72.7 Å². The highest BCUT2D eigenvalue weighted by Crippen LogP contribution is 2.59. The van der Waals surface area contributed by atoms with E-state index in [0.717, 1.165) is 0 Å². The van der Waals surface area contributed by atoms with E-state index < -0.39 is 11.0 Å². The average Bonchev–Trinajstić information content (AvgIpc) is 2.41. The first-order chi connectivity index (χ1) is 11.1. The Bertz CT molecular complexity index is 594. The van der Waals surface area contributed by atoms with Crippen molar-refractivity contribution in [3.63, 3.8) is 0 Å². The lowest BCUT2D eigenvalue weighted by Gasteiger charge is -2.43. The predicted molar refractivity (Wildman–Crippen MR) is 117 cm³/mol. The van der Waals surface area contributed by atoms with Crippen LogP contribution in [0.25, 0.3) is 0 Å². The molecule has 4 heteroatoms. The molecule has 0 amide bonds. The maximum Gasteiger partial charge on any atom is 0.1000 e. The summed E-state index contributed by atoms with van der Waals surface area (Å²) >= 11 is 0. The van der Waals surface area contributed by atoms with Crippen LogP contribution < -0.4 is 5.30 Å². The Balaban J connectivity index is 3.43. The molecule has 144 valence electrons. The summed E-state index contributed by atoms with van der Waals surface area (Å²) in [6.07, 6.45) is 0. The molecule has 0 radical (unpaired) electrons. The van der Waals surface area contributed by atoms with E-state index in [4.69, 9.17) is 0 Å². The van der Waals surface area contributed by atoms with Gasteiger partial charge in [-0.05, 0) is 48.9 Å². The van der Waals surface area contributed by atoms with Gasteiger partial charge >= 0.3 is 0 Å². The Morgan fingerprint density at radius 1 is 0.920 bits per heavy atom. The second kappa shape index (κ2) is 7.79. The van der Waals surface area contributed by atoms with Crippen molar-refractivity contribution >= 4 is 24.2 Å². The molecule has 0 aliphatic rings. The summed E-state index contributed by atoms with van der Waals surface area (Å²) in [6, 6.07) is 8.90. The third kappa shape index (κ3) is 5.62. The van der Waals surface area contributed by atoms with Gasteiger partial charge in [0.2, 0.25) is 0 Å². The lowest BCUT2D eigenvalue weighted by molar-refractivity contribution is 0.419. The number of hydrogen-bond donors (Lipinski definition) is 0. The second-order valence-electron chi connectivity index (χ2n) is 9.82. The first-order valence-electron chi connectivity index (χ1n) is 9.12. The van der Waals surface area contributed by atoms with Crippen LogP contribution in [0.2, 0.25) is 0 Å². The highest BCUT2D eigenvalue weighted by atomic mass is 32.2. The molecule has 0 heterocycles. The van der Waals surface area contributed by atoms with E-state index in [9.17, 15) is 4.21 Å². The van der Waals surface area contributed by atoms with Gasteiger partial charge in [0.15, 0.2) is 0 Å². The Labute approximate surface area is 160 Å². The maximum absolute atomic E-state index is 12.9. The molecule has 0 aliphatic carbocycles. The zero-order chi connectivity index (χ0) is 19.8. The summed E-state index contributed by atoms with van der Waals surface area (Å²) in [4.78, 5) is 0. The minimum Gasteiger partial charge on any atom is -0.242 e. The van der Waals surface area contributed by atoms with Crippen molar-refractivity contribution < 1.29 is 4.21 Å². The number of rotatable bonds is 4. The summed E-state index contributed by atoms with van der Waals surface area (Å²) in [7, 11) is 0.561. The van der Waals surface area contributed by atoms with Gasteiger partial charge in [-0.3, -0.25) is 0 Å². The molecule has 0 saturated carbocycles.